The molecule has 0 saturated heterocycles. The van der Waals surface area contributed by atoms with E-state index >= 15 is 0 Å². The molecule has 3 nitrogen and oxygen atoms in total. The summed E-state index contributed by atoms with van der Waals surface area (Å²) in [6, 6.07) is 5.99. The van der Waals surface area contributed by atoms with Gasteiger partial charge < -0.3 is 9.64 Å². The lowest BCUT2D eigenvalue weighted by atomic mass is 9.95. The lowest BCUT2D eigenvalue weighted by molar-refractivity contribution is 0.0248. The molecule has 0 spiro atoms. The number of amides is 1. The number of hydrogen-bond acceptors (Lipinski definition) is 2. The van der Waals surface area contributed by atoms with Gasteiger partial charge in [0.2, 0.25) is 0 Å². The molecule has 1 aliphatic heterocycles. The highest BCUT2D eigenvalue weighted by Gasteiger charge is 2.27. The molecule has 2 rings (SSSR count). The van der Waals surface area contributed by atoms with Crippen molar-refractivity contribution in [2.24, 2.45) is 0 Å². The van der Waals surface area contributed by atoms with E-state index in [9.17, 15) is 4.79 Å². The molecule has 0 saturated carbocycles. The highest BCUT2D eigenvalue weighted by Crippen LogP contribution is 2.28. The Balaban J connectivity index is 2.15. The molecule has 1 amide bonds. The number of rotatable bonds is 0. The average Bonchev–Trinajstić information content (AvgIpc) is 2.47. The van der Waals surface area contributed by atoms with Crippen molar-refractivity contribution in [2.45, 2.75) is 45.6 Å². The van der Waals surface area contributed by atoms with Crippen LogP contribution in [-0.4, -0.2) is 29.7 Å². The number of fused-ring (bicyclic) bond motifs is 1. The minimum atomic E-state index is -0.456. The van der Waals surface area contributed by atoms with Gasteiger partial charge in [0, 0.05) is 18.1 Å². The number of carbonyl (C=O) groups is 1. The lowest BCUT2D eigenvalue weighted by Crippen LogP contribution is -2.38. The van der Waals surface area contributed by atoms with Crippen LogP contribution >= 0.6 is 11.6 Å². The predicted octanol–water partition coefficient (Wildman–Crippen LogP) is 4.24. The maximum absolute atomic E-state index is 12.2. The van der Waals surface area contributed by atoms with Crippen molar-refractivity contribution >= 4 is 17.7 Å². The van der Waals surface area contributed by atoms with Crippen LogP contribution in [0.15, 0.2) is 18.2 Å². The third kappa shape index (κ3) is 3.66. The highest BCUT2D eigenvalue weighted by atomic mass is 35.5. The molecule has 110 valence electrons. The Bertz CT molecular complexity index is 508. The van der Waals surface area contributed by atoms with Crippen molar-refractivity contribution in [1.82, 2.24) is 4.90 Å². The van der Waals surface area contributed by atoms with Gasteiger partial charge in [0.15, 0.2) is 0 Å². The molecule has 0 radical (unpaired) electrons. The summed E-state index contributed by atoms with van der Waals surface area (Å²) in [5.41, 5.74) is 2.06. The summed E-state index contributed by atoms with van der Waals surface area (Å²) in [5.74, 6) is 0.263. The van der Waals surface area contributed by atoms with Crippen LogP contribution in [0, 0.1) is 0 Å². The van der Waals surface area contributed by atoms with E-state index in [0.29, 0.717) is 13.1 Å². The molecule has 0 aliphatic carbocycles. The van der Waals surface area contributed by atoms with E-state index in [1.54, 1.807) is 4.90 Å². The topological polar surface area (TPSA) is 29.5 Å². The van der Waals surface area contributed by atoms with Crippen LogP contribution in [-0.2, 0) is 11.2 Å². The van der Waals surface area contributed by atoms with Gasteiger partial charge in [-0.1, -0.05) is 24.6 Å². The minimum absolute atomic E-state index is 0.233. The van der Waals surface area contributed by atoms with Crippen molar-refractivity contribution in [1.29, 1.82) is 0 Å². The van der Waals surface area contributed by atoms with Crippen LogP contribution in [0.4, 0.5) is 4.79 Å². The Kier molecular flexibility index (Phi) is 4.28. The van der Waals surface area contributed by atoms with Gasteiger partial charge in [-0.25, -0.2) is 4.79 Å². The number of halogens is 1. The molecule has 1 aromatic rings. The van der Waals surface area contributed by atoms with E-state index in [0.717, 1.165) is 11.4 Å². The molecule has 20 heavy (non-hydrogen) atoms. The Morgan fingerprint density at radius 3 is 2.75 bits per heavy atom. The third-order valence-corrected chi connectivity index (χ3v) is 3.67. The summed E-state index contributed by atoms with van der Waals surface area (Å²) in [6.07, 6.45) is 0.610. The number of nitrogens with zero attached hydrogens (tertiary/aromatic N) is 1. The van der Waals surface area contributed by atoms with E-state index < -0.39 is 5.60 Å². The smallest absolute Gasteiger partial charge is 0.410 e. The molecule has 0 bridgehead atoms. The molecule has 1 heterocycles. The van der Waals surface area contributed by atoms with Gasteiger partial charge in [-0.15, -0.1) is 0 Å². The summed E-state index contributed by atoms with van der Waals surface area (Å²) in [4.78, 5) is 14.0. The molecule has 0 N–H and O–H groups in total. The van der Waals surface area contributed by atoms with Crippen LogP contribution in [0.3, 0.4) is 0 Å². The normalized spacial score (nSPS) is 19.2. The zero-order valence-electron chi connectivity index (χ0n) is 12.6. The summed E-state index contributed by atoms with van der Waals surface area (Å²) in [5, 5.41) is 0.751. The Morgan fingerprint density at radius 1 is 1.40 bits per heavy atom. The first kappa shape index (κ1) is 15.2. The number of benzene rings is 1. The van der Waals surface area contributed by atoms with Crippen molar-refractivity contribution < 1.29 is 9.53 Å². The highest BCUT2D eigenvalue weighted by molar-refractivity contribution is 6.30. The van der Waals surface area contributed by atoms with Gasteiger partial charge in [-0.3, -0.25) is 0 Å². The van der Waals surface area contributed by atoms with E-state index in [1.807, 2.05) is 32.9 Å². The second-order valence-corrected chi connectivity index (χ2v) is 6.86. The molecule has 0 fully saturated rings. The fourth-order valence-electron chi connectivity index (χ4n) is 2.52. The zero-order valence-corrected chi connectivity index (χ0v) is 13.3. The maximum Gasteiger partial charge on any atom is 0.410 e. The van der Waals surface area contributed by atoms with Gasteiger partial charge in [0.1, 0.15) is 5.60 Å². The lowest BCUT2D eigenvalue weighted by Gasteiger charge is -2.27. The van der Waals surface area contributed by atoms with E-state index in [2.05, 4.69) is 13.0 Å². The largest absolute Gasteiger partial charge is 0.444 e. The Morgan fingerprint density at radius 2 is 2.10 bits per heavy atom. The zero-order chi connectivity index (χ0) is 14.9. The first-order valence-corrected chi connectivity index (χ1v) is 7.40. The first-order valence-electron chi connectivity index (χ1n) is 7.02. The second kappa shape index (κ2) is 5.65. The van der Waals surface area contributed by atoms with Crippen LogP contribution in [0.2, 0.25) is 5.02 Å². The molecule has 0 aromatic heterocycles. The van der Waals surface area contributed by atoms with Crippen LogP contribution in [0.5, 0.6) is 0 Å². The third-order valence-electron chi connectivity index (χ3n) is 3.44. The summed E-state index contributed by atoms with van der Waals surface area (Å²) in [6.45, 7) is 9.15. The van der Waals surface area contributed by atoms with Gasteiger partial charge in [-0.05, 0) is 56.4 Å². The quantitative estimate of drug-likeness (QED) is 0.716. The molecule has 1 aromatic carbocycles. The van der Waals surface area contributed by atoms with Crippen molar-refractivity contribution in [2.75, 3.05) is 13.1 Å². The Labute approximate surface area is 125 Å². The fraction of sp³-hybridized carbons (Fsp3) is 0.562. The van der Waals surface area contributed by atoms with Gasteiger partial charge in [0.05, 0.1) is 0 Å². The van der Waals surface area contributed by atoms with E-state index in [4.69, 9.17) is 16.3 Å². The summed E-state index contributed by atoms with van der Waals surface area (Å²) in [7, 11) is 0. The maximum atomic E-state index is 12.2. The minimum Gasteiger partial charge on any atom is -0.444 e. The van der Waals surface area contributed by atoms with Crippen LogP contribution in [0.1, 0.15) is 44.7 Å². The van der Waals surface area contributed by atoms with E-state index in [-0.39, 0.29) is 12.0 Å². The second-order valence-electron chi connectivity index (χ2n) is 6.42. The molecular weight excluding hydrogens is 274 g/mol. The van der Waals surface area contributed by atoms with Crippen molar-refractivity contribution in [3.05, 3.63) is 34.3 Å². The average molecular weight is 296 g/mol. The standard InChI is InChI=1S/C16H22ClNO2/c1-11-10-18(15(19)20-16(2,3)4)8-7-12-5-6-13(17)9-14(11)12/h5-6,9,11H,7-8,10H2,1-4H3/t11-/m0/s1. The van der Waals surface area contributed by atoms with Crippen molar-refractivity contribution in [3.63, 3.8) is 0 Å². The first-order chi connectivity index (χ1) is 9.26. The molecule has 1 atom stereocenters. The Hall–Kier alpha value is -1.22. The molecule has 0 unspecified atom stereocenters. The van der Waals surface area contributed by atoms with Gasteiger partial charge >= 0.3 is 6.09 Å². The summed E-state index contributed by atoms with van der Waals surface area (Å²) < 4.78 is 5.46. The number of carbonyl (C=O) groups excluding carboxylic acids is 1. The van der Waals surface area contributed by atoms with Crippen LogP contribution in [0.25, 0.3) is 0 Å². The fourth-order valence-corrected chi connectivity index (χ4v) is 2.70. The predicted molar refractivity (Wildman–Crippen MR) is 81.4 cm³/mol. The number of ether oxygens (including phenoxy) is 1. The van der Waals surface area contributed by atoms with Crippen LogP contribution < -0.4 is 0 Å². The van der Waals surface area contributed by atoms with E-state index in [1.165, 1.54) is 11.1 Å². The molecular formula is C16H22ClNO2. The molecule has 4 heteroatoms. The SMILES string of the molecule is C[C@H]1CN(C(=O)OC(C)(C)C)CCc2ccc(Cl)cc21. The van der Waals surface area contributed by atoms with Gasteiger partial charge in [-0.2, -0.15) is 0 Å². The monoisotopic (exact) mass is 295 g/mol. The van der Waals surface area contributed by atoms with Gasteiger partial charge in [0.25, 0.3) is 0 Å². The summed E-state index contributed by atoms with van der Waals surface area (Å²) >= 11 is 6.08. The number of hydrogen-bond donors (Lipinski definition) is 0. The molecule has 1 aliphatic rings. The van der Waals surface area contributed by atoms with Crippen molar-refractivity contribution in [3.8, 4) is 0 Å².